The van der Waals surface area contributed by atoms with Gasteiger partial charge in [0, 0.05) is 29.5 Å². The fourth-order valence-electron chi connectivity index (χ4n) is 1.62. The summed E-state index contributed by atoms with van der Waals surface area (Å²) in [4.78, 5) is 16.3. The maximum atomic E-state index is 11.9. The molecule has 0 bridgehead atoms. The molecular formula is C14H15NOS. The number of aromatic nitrogens is 1. The number of hydrogen-bond donors (Lipinski definition) is 0. The molecule has 0 aliphatic carbocycles. The van der Waals surface area contributed by atoms with E-state index in [1.807, 2.05) is 43.5 Å². The number of rotatable bonds is 4. The Kier molecular flexibility index (Phi) is 3.69. The first kappa shape index (κ1) is 12.0. The Morgan fingerprint density at radius 2 is 1.94 bits per heavy atom. The van der Waals surface area contributed by atoms with Gasteiger partial charge < -0.3 is 0 Å². The number of ketones is 1. The third-order valence-corrected chi connectivity index (χ3v) is 3.63. The number of aryl methyl sites for hydroxylation is 3. The summed E-state index contributed by atoms with van der Waals surface area (Å²) in [5.41, 5.74) is 3.01. The van der Waals surface area contributed by atoms with Crippen LogP contribution in [0, 0.1) is 13.8 Å². The van der Waals surface area contributed by atoms with E-state index in [0.29, 0.717) is 6.42 Å². The van der Waals surface area contributed by atoms with Crippen molar-refractivity contribution in [2.45, 2.75) is 26.7 Å². The molecule has 17 heavy (non-hydrogen) atoms. The standard InChI is InChI=1S/C14H15NOS/c1-10-3-5-12(6-4-10)13(16)7-8-14-15-11(2)9-17-14/h3-6,9H,7-8H2,1-2H3. The molecule has 0 aliphatic heterocycles. The monoisotopic (exact) mass is 245 g/mol. The molecule has 0 fully saturated rings. The molecule has 2 aromatic rings. The average Bonchev–Trinajstić information content (AvgIpc) is 2.73. The average molecular weight is 245 g/mol. The molecule has 0 amide bonds. The summed E-state index contributed by atoms with van der Waals surface area (Å²) in [6.07, 6.45) is 1.28. The summed E-state index contributed by atoms with van der Waals surface area (Å²) in [6, 6.07) is 7.73. The zero-order valence-corrected chi connectivity index (χ0v) is 10.9. The van der Waals surface area contributed by atoms with Crippen molar-refractivity contribution in [2.24, 2.45) is 0 Å². The molecule has 2 rings (SSSR count). The van der Waals surface area contributed by atoms with Crippen molar-refractivity contribution in [3.8, 4) is 0 Å². The molecule has 1 heterocycles. The van der Waals surface area contributed by atoms with Crippen molar-refractivity contribution in [1.29, 1.82) is 0 Å². The largest absolute Gasteiger partial charge is 0.294 e. The second kappa shape index (κ2) is 5.23. The van der Waals surface area contributed by atoms with Crippen LogP contribution >= 0.6 is 11.3 Å². The Bertz CT molecular complexity index is 513. The third-order valence-electron chi connectivity index (χ3n) is 2.61. The second-order valence-electron chi connectivity index (χ2n) is 4.17. The fraction of sp³-hybridized carbons (Fsp3) is 0.286. The normalized spacial score (nSPS) is 10.5. The summed E-state index contributed by atoms with van der Waals surface area (Å²) in [7, 11) is 0. The summed E-state index contributed by atoms with van der Waals surface area (Å²) >= 11 is 1.63. The third kappa shape index (κ3) is 3.24. The van der Waals surface area contributed by atoms with Gasteiger partial charge in [-0.05, 0) is 13.8 Å². The highest BCUT2D eigenvalue weighted by molar-refractivity contribution is 7.09. The molecule has 0 atom stereocenters. The Balaban J connectivity index is 1.95. The Morgan fingerprint density at radius 3 is 2.53 bits per heavy atom. The first-order valence-corrected chi connectivity index (χ1v) is 6.54. The van der Waals surface area contributed by atoms with Crippen LogP contribution in [0.25, 0.3) is 0 Å². The highest BCUT2D eigenvalue weighted by atomic mass is 32.1. The molecule has 3 heteroatoms. The molecule has 0 unspecified atom stereocenters. The van der Waals surface area contributed by atoms with Gasteiger partial charge in [-0.25, -0.2) is 4.98 Å². The van der Waals surface area contributed by atoms with Gasteiger partial charge in [0.1, 0.15) is 0 Å². The van der Waals surface area contributed by atoms with Gasteiger partial charge in [-0.15, -0.1) is 11.3 Å². The summed E-state index contributed by atoms with van der Waals surface area (Å²) in [5, 5.41) is 3.06. The van der Waals surface area contributed by atoms with E-state index in [1.54, 1.807) is 11.3 Å². The van der Waals surface area contributed by atoms with E-state index < -0.39 is 0 Å². The van der Waals surface area contributed by atoms with Gasteiger partial charge in [0.05, 0.1) is 5.01 Å². The number of carbonyl (C=O) groups is 1. The van der Waals surface area contributed by atoms with Crippen molar-refractivity contribution >= 4 is 17.1 Å². The quantitative estimate of drug-likeness (QED) is 0.771. The predicted octanol–water partition coefficient (Wildman–Crippen LogP) is 3.58. The number of hydrogen-bond acceptors (Lipinski definition) is 3. The maximum absolute atomic E-state index is 11.9. The number of nitrogens with zero attached hydrogens (tertiary/aromatic N) is 1. The Labute approximate surface area is 105 Å². The van der Waals surface area contributed by atoms with Crippen molar-refractivity contribution < 1.29 is 4.79 Å². The first-order chi connectivity index (χ1) is 8.15. The van der Waals surface area contributed by atoms with Gasteiger partial charge in [0.2, 0.25) is 0 Å². The lowest BCUT2D eigenvalue weighted by molar-refractivity contribution is 0.0983. The van der Waals surface area contributed by atoms with E-state index >= 15 is 0 Å². The molecule has 2 nitrogen and oxygen atoms in total. The molecule has 0 spiro atoms. The molecule has 0 aliphatic rings. The van der Waals surface area contributed by atoms with Crippen LogP contribution < -0.4 is 0 Å². The highest BCUT2D eigenvalue weighted by Gasteiger charge is 2.07. The van der Waals surface area contributed by atoms with E-state index in [9.17, 15) is 4.79 Å². The smallest absolute Gasteiger partial charge is 0.163 e. The predicted molar refractivity (Wildman–Crippen MR) is 70.7 cm³/mol. The van der Waals surface area contributed by atoms with Crippen LogP contribution in [0.15, 0.2) is 29.6 Å². The molecule has 88 valence electrons. The topological polar surface area (TPSA) is 30.0 Å². The molecule has 0 N–H and O–H groups in total. The highest BCUT2D eigenvalue weighted by Crippen LogP contribution is 2.13. The second-order valence-corrected chi connectivity index (χ2v) is 5.11. The van der Waals surface area contributed by atoms with E-state index in [1.165, 1.54) is 5.56 Å². The van der Waals surface area contributed by atoms with Gasteiger partial charge in [0.25, 0.3) is 0 Å². The van der Waals surface area contributed by atoms with Gasteiger partial charge in [0.15, 0.2) is 5.78 Å². The van der Waals surface area contributed by atoms with E-state index in [-0.39, 0.29) is 5.78 Å². The maximum Gasteiger partial charge on any atom is 0.163 e. The van der Waals surface area contributed by atoms with Crippen molar-refractivity contribution in [3.05, 3.63) is 51.5 Å². The van der Waals surface area contributed by atoms with E-state index in [0.717, 1.165) is 22.7 Å². The number of carbonyl (C=O) groups excluding carboxylic acids is 1. The molecular weight excluding hydrogens is 230 g/mol. The van der Waals surface area contributed by atoms with Crippen molar-refractivity contribution in [1.82, 2.24) is 4.98 Å². The fourth-order valence-corrected chi connectivity index (χ4v) is 2.40. The van der Waals surface area contributed by atoms with Crippen LogP contribution in [0.3, 0.4) is 0 Å². The Hall–Kier alpha value is -1.48. The van der Waals surface area contributed by atoms with Crippen molar-refractivity contribution in [3.63, 3.8) is 0 Å². The summed E-state index contributed by atoms with van der Waals surface area (Å²) < 4.78 is 0. The summed E-state index contributed by atoms with van der Waals surface area (Å²) in [6.45, 7) is 3.99. The van der Waals surface area contributed by atoms with E-state index in [4.69, 9.17) is 0 Å². The molecule has 1 aromatic carbocycles. The minimum absolute atomic E-state index is 0.192. The van der Waals surface area contributed by atoms with Crippen LogP contribution in [0.2, 0.25) is 0 Å². The van der Waals surface area contributed by atoms with E-state index in [2.05, 4.69) is 4.98 Å². The number of benzene rings is 1. The van der Waals surface area contributed by atoms with Gasteiger partial charge in [-0.3, -0.25) is 4.79 Å². The van der Waals surface area contributed by atoms with Crippen LogP contribution in [0.1, 0.15) is 33.0 Å². The van der Waals surface area contributed by atoms with Gasteiger partial charge in [-0.1, -0.05) is 29.8 Å². The SMILES string of the molecule is Cc1ccc(C(=O)CCc2nc(C)cs2)cc1. The molecule has 1 aromatic heterocycles. The first-order valence-electron chi connectivity index (χ1n) is 5.66. The summed E-state index contributed by atoms with van der Waals surface area (Å²) in [5.74, 6) is 0.192. The minimum atomic E-state index is 0.192. The lowest BCUT2D eigenvalue weighted by Gasteiger charge is -2.00. The zero-order chi connectivity index (χ0) is 12.3. The van der Waals surface area contributed by atoms with Crippen LogP contribution in [-0.2, 0) is 6.42 Å². The van der Waals surface area contributed by atoms with Crippen LogP contribution in [-0.4, -0.2) is 10.8 Å². The van der Waals surface area contributed by atoms with Crippen LogP contribution in [0.4, 0.5) is 0 Å². The number of thiazole rings is 1. The Morgan fingerprint density at radius 1 is 1.24 bits per heavy atom. The molecule has 0 saturated carbocycles. The number of Topliss-reactive ketones (excluding diaryl/α,β-unsaturated/α-hetero) is 1. The van der Waals surface area contributed by atoms with Crippen molar-refractivity contribution in [2.75, 3.05) is 0 Å². The molecule has 0 radical (unpaired) electrons. The van der Waals surface area contributed by atoms with Crippen LogP contribution in [0.5, 0.6) is 0 Å². The van der Waals surface area contributed by atoms with Gasteiger partial charge in [-0.2, -0.15) is 0 Å². The zero-order valence-electron chi connectivity index (χ0n) is 10.1. The lowest BCUT2D eigenvalue weighted by Crippen LogP contribution is -2.01. The lowest BCUT2D eigenvalue weighted by atomic mass is 10.1. The molecule has 0 saturated heterocycles. The minimum Gasteiger partial charge on any atom is -0.294 e. The van der Waals surface area contributed by atoms with Gasteiger partial charge >= 0.3 is 0 Å².